The minimum Gasteiger partial charge on any atom is -0.497 e. The first-order chi connectivity index (χ1) is 11.8. The van der Waals surface area contributed by atoms with Crippen molar-refractivity contribution in [2.75, 3.05) is 19.5 Å². The molecule has 2 aromatic carbocycles. The molecule has 3 rings (SSSR count). The molecule has 0 amide bonds. The Morgan fingerprint density at radius 2 is 1.67 bits per heavy atom. The summed E-state index contributed by atoms with van der Waals surface area (Å²) in [5.74, 6) is 3.32. The second-order valence-electron chi connectivity index (χ2n) is 5.10. The van der Waals surface area contributed by atoms with Crippen LogP contribution in [0.5, 0.6) is 11.5 Å². The first-order valence-electron chi connectivity index (χ1n) is 7.62. The van der Waals surface area contributed by atoms with Crippen LogP contribution in [0, 0.1) is 0 Å². The molecule has 1 heterocycles. The Labute approximate surface area is 145 Å². The van der Waals surface area contributed by atoms with E-state index in [2.05, 4.69) is 10.2 Å². The maximum atomic E-state index is 5.72. The number of methoxy groups -OCH3 is 1. The Kier molecular flexibility index (Phi) is 5.38. The van der Waals surface area contributed by atoms with Crippen LogP contribution in [0.25, 0.3) is 11.4 Å². The Morgan fingerprint density at radius 3 is 2.38 bits per heavy atom. The third-order valence-electron chi connectivity index (χ3n) is 3.51. The van der Waals surface area contributed by atoms with E-state index in [1.165, 1.54) is 0 Å². The standard InChI is InChI=1S/C18H19N3O2S/c1-21-17(14-6-4-3-5-7-14)19-20-18(21)24-13-12-23-16-10-8-15(22-2)9-11-16/h3-11H,12-13H2,1-2H3. The molecule has 0 bridgehead atoms. The van der Waals surface area contributed by atoms with Crippen LogP contribution < -0.4 is 9.47 Å². The predicted octanol–water partition coefficient (Wildman–Crippen LogP) is 3.66. The lowest BCUT2D eigenvalue weighted by molar-refractivity contribution is 0.342. The summed E-state index contributed by atoms with van der Waals surface area (Å²) in [6.07, 6.45) is 0. The van der Waals surface area contributed by atoms with Gasteiger partial charge in [-0.3, -0.25) is 0 Å². The van der Waals surface area contributed by atoms with Gasteiger partial charge in [-0.25, -0.2) is 0 Å². The van der Waals surface area contributed by atoms with Crippen LogP contribution in [-0.4, -0.2) is 34.2 Å². The number of thioether (sulfide) groups is 1. The fourth-order valence-electron chi connectivity index (χ4n) is 2.24. The van der Waals surface area contributed by atoms with Crippen LogP contribution in [0.2, 0.25) is 0 Å². The molecule has 0 aliphatic carbocycles. The van der Waals surface area contributed by atoms with Crippen molar-refractivity contribution >= 4 is 11.8 Å². The van der Waals surface area contributed by atoms with Gasteiger partial charge in [-0.05, 0) is 24.3 Å². The van der Waals surface area contributed by atoms with Gasteiger partial charge in [-0.1, -0.05) is 42.1 Å². The summed E-state index contributed by atoms with van der Waals surface area (Å²) in [5.41, 5.74) is 1.06. The number of ether oxygens (including phenoxy) is 2. The monoisotopic (exact) mass is 341 g/mol. The molecule has 0 saturated heterocycles. The molecular formula is C18H19N3O2S. The van der Waals surface area contributed by atoms with Crippen molar-refractivity contribution in [1.82, 2.24) is 14.8 Å². The molecule has 0 aliphatic heterocycles. The number of aromatic nitrogens is 3. The van der Waals surface area contributed by atoms with Crippen LogP contribution in [-0.2, 0) is 7.05 Å². The van der Waals surface area contributed by atoms with E-state index in [1.54, 1.807) is 18.9 Å². The van der Waals surface area contributed by atoms with E-state index < -0.39 is 0 Å². The number of benzene rings is 2. The van der Waals surface area contributed by atoms with Crippen molar-refractivity contribution in [3.63, 3.8) is 0 Å². The highest BCUT2D eigenvalue weighted by atomic mass is 32.2. The van der Waals surface area contributed by atoms with Crippen molar-refractivity contribution in [1.29, 1.82) is 0 Å². The van der Waals surface area contributed by atoms with E-state index in [9.17, 15) is 0 Å². The summed E-state index contributed by atoms with van der Waals surface area (Å²) in [7, 11) is 3.63. The van der Waals surface area contributed by atoms with Crippen LogP contribution in [0.4, 0.5) is 0 Å². The molecule has 6 heteroatoms. The molecule has 5 nitrogen and oxygen atoms in total. The number of hydrogen-bond acceptors (Lipinski definition) is 5. The quantitative estimate of drug-likeness (QED) is 0.485. The Bertz CT molecular complexity index is 773. The van der Waals surface area contributed by atoms with Crippen molar-refractivity contribution < 1.29 is 9.47 Å². The second-order valence-corrected chi connectivity index (χ2v) is 6.17. The molecule has 124 valence electrons. The first kappa shape index (κ1) is 16.4. The van der Waals surface area contributed by atoms with E-state index in [-0.39, 0.29) is 0 Å². The summed E-state index contributed by atoms with van der Waals surface area (Å²) in [6.45, 7) is 0.602. The maximum absolute atomic E-state index is 5.72. The highest BCUT2D eigenvalue weighted by Crippen LogP contribution is 2.22. The minimum atomic E-state index is 0.602. The van der Waals surface area contributed by atoms with E-state index in [1.807, 2.05) is 66.2 Å². The second kappa shape index (κ2) is 7.88. The molecule has 0 unspecified atom stereocenters. The van der Waals surface area contributed by atoms with Gasteiger partial charge in [0.15, 0.2) is 11.0 Å². The summed E-state index contributed by atoms with van der Waals surface area (Å²) in [5, 5.41) is 9.42. The molecule has 0 fully saturated rings. The number of nitrogens with zero attached hydrogens (tertiary/aromatic N) is 3. The van der Waals surface area contributed by atoms with Crippen LogP contribution in [0.15, 0.2) is 59.8 Å². The lowest BCUT2D eigenvalue weighted by Gasteiger charge is -2.07. The smallest absolute Gasteiger partial charge is 0.191 e. The van der Waals surface area contributed by atoms with Crippen molar-refractivity contribution in [2.45, 2.75) is 5.16 Å². The van der Waals surface area contributed by atoms with Crippen LogP contribution >= 0.6 is 11.8 Å². The molecule has 0 N–H and O–H groups in total. The van der Waals surface area contributed by atoms with Gasteiger partial charge in [-0.15, -0.1) is 10.2 Å². The third kappa shape index (κ3) is 3.89. The Balaban J connectivity index is 1.53. The van der Waals surface area contributed by atoms with Crippen LogP contribution in [0.1, 0.15) is 0 Å². The Hall–Kier alpha value is -2.47. The molecule has 0 radical (unpaired) electrons. The van der Waals surface area contributed by atoms with Gasteiger partial charge in [0.2, 0.25) is 0 Å². The topological polar surface area (TPSA) is 49.2 Å². The first-order valence-corrected chi connectivity index (χ1v) is 8.61. The predicted molar refractivity (Wildman–Crippen MR) is 95.7 cm³/mol. The van der Waals surface area contributed by atoms with Gasteiger partial charge in [0.1, 0.15) is 11.5 Å². The summed E-state index contributed by atoms with van der Waals surface area (Å²) >= 11 is 1.63. The minimum absolute atomic E-state index is 0.602. The number of hydrogen-bond donors (Lipinski definition) is 0. The SMILES string of the molecule is COc1ccc(OCCSc2nnc(-c3ccccc3)n2C)cc1. The largest absolute Gasteiger partial charge is 0.497 e. The van der Waals surface area contributed by atoms with Gasteiger partial charge >= 0.3 is 0 Å². The molecule has 0 aliphatic rings. The molecule has 3 aromatic rings. The van der Waals surface area contributed by atoms with Crippen molar-refractivity contribution in [3.8, 4) is 22.9 Å². The molecule has 24 heavy (non-hydrogen) atoms. The molecule has 0 saturated carbocycles. The van der Waals surface area contributed by atoms with Gasteiger partial charge in [-0.2, -0.15) is 0 Å². The fourth-order valence-corrected chi connectivity index (χ4v) is 2.97. The van der Waals surface area contributed by atoms with E-state index in [4.69, 9.17) is 9.47 Å². The van der Waals surface area contributed by atoms with E-state index in [0.29, 0.717) is 6.61 Å². The molecular weight excluding hydrogens is 322 g/mol. The van der Waals surface area contributed by atoms with Gasteiger partial charge in [0.05, 0.1) is 13.7 Å². The normalized spacial score (nSPS) is 10.6. The van der Waals surface area contributed by atoms with Crippen molar-refractivity contribution in [3.05, 3.63) is 54.6 Å². The molecule has 0 spiro atoms. The zero-order valence-corrected chi connectivity index (χ0v) is 14.5. The summed E-state index contributed by atoms with van der Waals surface area (Å²) in [4.78, 5) is 0. The number of rotatable bonds is 7. The zero-order valence-electron chi connectivity index (χ0n) is 13.7. The summed E-state index contributed by atoms with van der Waals surface area (Å²) in [6, 6.07) is 17.6. The van der Waals surface area contributed by atoms with E-state index in [0.717, 1.165) is 33.8 Å². The van der Waals surface area contributed by atoms with Gasteiger partial charge < -0.3 is 14.0 Å². The average Bonchev–Trinajstić information content (AvgIpc) is 3.00. The van der Waals surface area contributed by atoms with Crippen LogP contribution in [0.3, 0.4) is 0 Å². The highest BCUT2D eigenvalue weighted by Gasteiger charge is 2.10. The summed E-state index contributed by atoms with van der Waals surface area (Å²) < 4.78 is 12.9. The van der Waals surface area contributed by atoms with E-state index >= 15 is 0 Å². The Morgan fingerprint density at radius 1 is 0.958 bits per heavy atom. The maximum Gasteiger partial charge on any atom is 0.191 e. The molecule has 0 atom stereocenters. The van der Waals surface area contributed by atoms with Gasteiger partial charge in [0.25, 0.3) is 0 Å². The third-order valence-corrected chi connectivity index (χ3v) is 4.49. The van der Waals surface area contributed by atoms with Crippen molar-refractivity contribution in [2.24, 2.45) is 7.05 Å². The van der Waals surface area contributed by atoms with Gasteiger partial charge in [0, 0.05) is 18.4 Å². The lowest BCUT2D eigenvalue weighted by atomic mass is 10.2. The molecule has 1 aromatic heterocycles. The zero-order chi connectivity index (χ0) is 16.8. The highest BCUT2D eigenvalue weighted by molar-refractivity contribution is 7.99. The average molecular weight is 341 g/mol. The lowest BCUT2D eigenvalue weighted by Crippen LogP contribution is -2.02. The fraction of sp³-hybridized carbons (Fsp3) is 0.222.